The predicted molar refractivity (Wildman–Crippen MR) is 94.7 cm³/mol. The van der Waals surface area contributed by atoms with E-state index in [1.54, 1.807) is 11.3 Å². The molecule has 0 saturated heterocycles. The lowest BCUT2D eigenvalue weighted by atomic mass is 9.98. The third-order valence-corrected chi connectivity index (χ3v) is 5.44. The molecule has 3 rings (SSSR count). The first-order valence-electron chi connectivity index (χ1n) is 7.99. The minimum atomic E-state index is -0.616. The smallest absolute Gasteiger partial charge is 0.312 e. The molecule has 5 nitrogen and oxygen atoms in total. The summed E-state index contributed by atoms with van der Waals surface area (Å²) in [4.78, 5) is 27.3. The molecule has 2 aromatic rings. The van der Waals surface area contributed by atoms with Crippen molar-refractivity contribution in [1.29, 1.82) is 0 Å². The average Bonchev–Trinajstić information content (AvgIpc) is 3.01. The molecular formula is C18H21N3O2S. The molecule has 3 amide bonds. The van der Waals surface area contributed by atoms with Crippen LogP contribution in [0.3, 0.4) is 0 Å². The second-order valence-corrected chi connectivity index (χ2v) is 7.06. The Hall–Kier alpha value is -2.34. The lowest BCUT2D eigenvalue weighted by Gasteiger charge is -2.29. The second-order valence-electron chi connectivity index (χ2n) is 6.06. The highest BCUT2D eigenvalue weighted by Crippen LogP contribution is 2.26. The van der Waals surface area contributed by atoms with Crippen LogP contribution in [0.1, 0.15) is 34.0 Å². The van der Waals surface area contributed by atoms with Gasteiger partial charge in [0.05, 0.1) is 12.5 Å². The Morgan fingerprint density at radius 2 is 2.12 bits per heavy atom. The molecule has 1 aromatic heterocycles. The van der Waals surface area contributed by atoms with Crippen molar-refractivity contribution < 1.29 is 9.59 Å². The van der Waals surface area contributed by atoms with E-state index in [0.29, 0.717) is 6.54 Å². The Kier molecular flexibility index (Phi) is 4.85. The molecule has 1 aliphatic rings. The monoisotopic (exact) mass is 343 g/mol. The van der Waals surface area contributed by atoms with Crippen molar-refractivity contribution >= 4 is 23.3 Å². The van der Waals surface area contributed by atoms with Crippen LogP contribution in [-0.2, 0) is 17.8 Å². The molecule has 0 aliphatic carbocycles. The molecule has 1 atom stereocenters. The van der Waals surface area contributed by atoms with Gasteiger partial charge in [0.1, 0.15) is 0 Å². The maximum atomic E-state index is 12.7. The van der Waals surface area contributed by atoms with Gasteiger partial charge in [-0.1, -0.05) is 24.3 Å². The Balaban J connectivity index is 1.74. The van der Waals surface area contributed by atoms with Crippen LogP contribution in [0.2, 0.25) is 0 Å². The molecule has 126 valence electrons. The summed E-state index contributed by atoms with van der Waals surface area (Å²) in [5, 5.41) is 4.79. The van der Waals surface area contributed by atoms with Gasteiger partial charge in [0.25, 0.3) is 0 Å². The minimum Gasteiger partial charge on any atom is -0.352 e. The van der Waals surface area contributed by atoms with Crippen LogP contribution in [-0.4, -0.2) is 23.4 Å². The first-order chi connectivity index (χ1) is 11.5. The fraction of sp³-hybridized carbons (Fsp3) is 0.333. The largest absolute Gasteiger partial charge is 0.352 e. The highest BCUT2D eigenvalue weighted by Gasteiger charge is 2.25. The van der Waals surface area contributed by atoms with Crippen molar-refractivity contribution in [2.45, 2.75) is 32.4 Å². The van der Waals surface area contributed by atoms with Crippen LogP contribution in [0.4, 0.5) is 4.79 Å². The van der Waals surface area contributed by atoms with Crippen molar-refractivity contribution in [1.82, 2.24) is 10.2 Å². The zero-order valence-corrected chi connectivity index (χ0v) is 14.4. The van der Waals surface area contributed by atoms with Gasteiger partial charge >= 0.3 is 6.03 Å². The standard InChI is InChI=1S/C18H21N3O2S/c1-12-4-2-3-5-14(12)15(20-18(19)23)10-17(22)21-8-6-16-13(11-21)7-9-24-16/h2-5,7,9,15H,6,8,10-11H2,1H3,(H3,19,20,23)/t15-/m0/s1. The van der Waals surface area contributed by atoms with Crippen molar-refractivity contribution in [3.63, 3.8) is 0 Å². The van der Waals surface area contributed by atoms with Gasteiger partial charge in [-0.15, -0.1) is 11.3 Å². The number of hydrogen-bond donors (Lipinski definition) is 2. The van der Waals surface area contributed by atoms with E-state index in [0.717, 1.165) is 24.1 Å². The molecule has 0 unspecified atom stereocenters. The van der Waals surface area contributed by atoms with Gasteiger partial charge in [-0.05, 0) is 41.5 Å². The zero-order valence-electron chi connectivity index (χ0n) is 13.6. The molecule has 2 heterocycles. The van der Waals surface area contributed by atoms with E-state index in [1.165, 1.54) is 10.4 Å². The van der Waals surface area contributed by atoms with Gasteiger partial charge in [-0.2, -0.15) is 0 Å². The molecule has 24 heavy (non-hydrogen) atoms. The fourth-order valence-corrected chi connectivity index (χ4v) is 4.04. The topological polar surface area (TPSA) is 75.4 Å². The summed E-state index contributed by atoms with van der Waals surface area (Å²) in [6.45, 7) is 3.34. The SMILES string of the molecule is Cc1ccccc1[C@H](CC(=O)N1CCc2sccc2C1)NC(N)=O. The van der Waals surface area contributed by atoms with Crippen LogP contribution in [0.15, 0.2) is 35.7 Å². The number of rotatable bonds is 4. The first kappa shape index (κ1) is 16.5. The zero-order chi connectivity index (χ0) is 17.1. The van der Waals surface area contributed by atoms with Gasteiger partial charge in [0.2, 0.25) is 5.91 Å². The Morgan fingerprint density at radius 3 is 2.88 bits per heavy atom. The summed E-state index contributed by atoms with van der Waals surface area (Å²) < 4.78 is 0. The third kappa shape index (κ3) is 3.59. The highest BCUT2D eigenvalue weighted by molar-refractivity contribution is 7.10. The van der Waals surface area contributed by atoms with Crippen molar-refractivity contribution in [3.8, 4) is 0 Å². The number of nitrogens with zero attached hydrogens (tertiary/aromatic N) is 1. The van der Waals surface area contributed by atoms with Crippen molar-refractivity contribution in [2.24, 2.45) is 5.73 Å². The number of carbonyl (C=O) groups excluding carboxylic acids is 2. The van der Waals surface area contributed by atoms with E-state index >= 15 is 0 Å². The maximum Gasteiger partial charge on any atom is 0.312 e. The summed E-state index contributed by atoms with van der Waals surface area (Å²) in [6, 6.07) is 8.80. The number of fused-ring (bicyclic) bond motifs is 1. The van der Waals surface area contributed by atoms with Gasteiger partial charge in [-0.25, -0.2) is 4.79 Å². The minimum absolute atomic E-state index is 0.0360. The van der Waals surface area contributed by atoms with Crippen LogP contribution < -0.4 is 11.1 Å². The van der Waals surface area contributed by atoms with E-state index in [9.17, 15) is 9.59 Å². The van der Waals surface area contributed by atoms with E-state index in [2.05, 4.69) is 16.8 Å². The van der Waals surface area contributed by atoms with Gasteiger partial charge < -0.3 is 16.0 Å². The highest BCUT2D eigenvalue weighted by atomic mass is 32.1. The summed E-state index contributed by atoms with van der Waals surface area (Å²) in [7, 11) is 0. The summed E-state index contributed by atoms with van der Waals surface area (Å²) >= 11 is 1.75. The Morgan fingerprint density at radius 1 is 1.33 bits per heavy atom. The number of hydrogen-bond acceptors (Lipinski definition) is 3. The normalized spacial score (nSPS) is 14.8. The van der Waals surface area contributed by atoms with Crippen LogP contribution in [0.25, 0.3) is 0 Å². The number of thiophene rings is 1. The maximum absolute atomic E-state index is 12.7. The predicted octanol–water partition coefficient (Wildman–Crippen LogP) is 2.74. The van der Waals surface area contributed by atoms with Crippen LogP contribution in [0.5, 0.6) is 0 Å². The number of benzene rings is 1. The molecule has 0 fully saturated rings. The number of nitrogens with two attached hydrogens (primary N) is 1. The molecule has 1 aromatic carbocycles. The van der Waals surface area contributed by atoms with Crippen molar-refractivity contribution in [3.05, 3.63) is 57.3 Å². The molecule has 0 radical (unpaired) electrons. The van der Waals surface area contributed by atoms with E-state index < -0.39 is 12.1 Å². The molecule has 1 aliphatic heterocycles. The van der Waals surface area contributed by atoms with Crippen LogP contribution >= 0.6 is 11.3 Å². The summed E-state index contributed by atoms with van der Waals surface area (Å²) in [5.74, 6) is 0.0360. The Bertz CT molecular complexity index is 756. The number of carbonyl (C=O) groups is 2. The lowest BCUT2D eigenvalue weighted by Crippen LogP contribution is -2.40. The number of aryl methyl sites for hydroxylation is 1. The number of nitrogens with one attached hydrogen (secondary N) is 1. The molecule has 0 saturated carbocycles. The second kappa shape index (κ2) is 7.05. The van der Waals surface area contributed by atoms with Gasteiger partial charge in [0.15, 0.2) is 0 Å². The first-order valence-corrected chi connectivity index (χ1v) is 8.87. The summed E-state index contributed by atoms with van der Waals surface area (Å²) in [6.07, 6.45) is 1.12. The molecule has 3 N–H and O–H groups in total. The Labute approximate surface area is 145 Å². The number of urea groups is 1. The van der Waals surface area contributed by atoms with Crippen molar-refractivity contribution in [2.75, 3.05) is 6.54 Å². The van der Waals surface area contributed by atoms with E-state index in [1.807, 2.05) is 36.1 Å². The molecule has 6 heteroatoms. The quantitative estimate of drug-likeness (QED) is 0.896. The van der Waals surface area contributed by atoms with Crippen LogP contribution in [0, 0.1) is 6.92 Å². The number of amides is 3. The third-order valence-electron chi connectivity index (χ3n) is 4.42. The van der Waals surface area contributed by atoms with Gasteiger partial charge in [-0.3, -0.25) is 4.79 Å². The molecular weight excluding hydrogens is 322 g/mol. The lowest BCUT2D eigenvalue weighted by molar-refractivity contribution is -0.132. The van der Waals surface area contributed by atoms with E-state index in [4.69, 9.17) is 5.73 Å². The average molecular weight is 343 g/mol. The van der Waals surface area contributed by atoms with E-state index in [-0.39, 0.29) is 12.3 Å². The molecule has 0 bridgehead atoms. The number of primary amides is 1. The fourth-order valence-electron chi connectivity index (χ4n) is 3.15. The van der Waals surface area contributed by atoms with Gasteiger partial charge in [0, 0.05) is 18.0 Å². The summed E-state index contributed by atoms with van der Waals surface area (Å²) in [5.41, 5.74) is 8.50. The molecule has 0 spiro atoms.